The minimum absolute atomic E-state index is 0.296. The van der Waals surface area contributed by atoms with Crippen molar-refractivity contribution in [1.82, 2.24) is 0 Å². The maximum absolute atomic E-state index is 13.3. The number of halogens is 1. The first-order valence-electron chi connectivity index (χ1n) is 10.0. The highest BCUT2D eigenvalue weighted by atomic mass is 35.5. The van der Waals surface area contributed by atoms with Gasteiger partial charge in [0, 0.05) is 10.6 Å². The largest absolute Gasteiger partial charge is 0.375 e. The lowest BCUT2D eigenvalue weighted by molar-refractivity contribution is -0.140. The second kappa shape index (κ2) is 8.50. The Labute approximate surface area is 186 Å². The number of nitrogens with zero attached hydrogens (tertiary/aromatic N) is 1. The summed E-state index contributed by atoms with van der Waals surface area (Å²) in [6.07, 6.45) is 2.72. The molecule has 0 fully saturated rings. The summed E-state index contributed by atoms with van der Waals surface area (Å²) in [4.78, 5) is 27.5. The van der Waals surface area contributed by atoms with Crippen LogP contribution in [0.2, 0.25) is 5.02 Å². The molecule has 1 aliphatic heterocycles. The number of benzene rings is 3. The number of anilines is 1. The number of carbonyl (C=O) groups is 2. The molecule has 1 amide bonds. The van der Waals surface area contributed by atoms with E-state index in [1.54, 1.807) is 24.3 Å². The van der Waals surface area contributed by atoms with Crippen molar-refractivity contribution >= 4 is 35.1 Å². The Bertz CT molecular complexity index is 1160. The summed E-state index contributed by atoms with van der Waals surface area (Å²) < 4.78 is 0. The monoisotopic (exact) mass is 431 g/mol. The molecule has 0 aliphatic carbocycles. The highest BCUT2D eigenvalue weighted by Gasteiger charge is 2.50. The zero-order valence-corrected chi connectivity index (χ0v) is 17.8. The van der Waals surface area contributed by atoms with Gasteiger partial charge in [0.05, 0.1) is 18.7 Å². The van der Waals surface area contributed by atoms with Crippen molar-refractivity contribution in [3.8, 4) is 0 Å². The van der Waals surface area contributed by atoms with Crippen molar-refractivity contribution in [3.63, 3.8) is 0 Å². The molecule has 0 radical (unpaired) electrons. The van der Waals surface area contributed by atoms with Crippen LogP contribution in [0.4, 0.5) is 5.69 Å². The first kappa shape index (κ1) is 21.0. The number of aryl methyl sites for hydroxylation is 1. The first-order chi connectivity index (χ1) is 14.9. The molecule has 31 heavy (non-hydrogen) atoms. The van der Waals surface area contributed by atoms with E-state index in [-0.39, 0.29) is 12.2 Å². The van der Waals surface area contributed by atoms with E-state index in [0.717, 1.165) is 16.7 Å². The second-order valence-electron chi connectivity index (χ2n) is 7.79. The van der Waals surface area contributed by atoms with Crippen molar-refractivity contribution in [1.29, 1.82) is 0 Å². The van der Waals surface area contributed by atoms with Crippen LogP contribution in [0.15, 0.2) is 78.9 Å². The smallest absolute Gasteiger partial charge is 0.264 e. The van der Waals surface area contributed by atoms with Gasteiger partial charge in [0.2, 0.25) is 0 Å². The third kappa shape index (κ3) is 4.31. The molecular formula is C26H22ClNO3. The maximum atomic E-state index is 13.3. The van der Waals surface area contributed by atoms with E-state index in [9.17, 15) is 14.7 Å². The average molecular weight is 432 g/mol. The number of fused-ring (bicyclic) bond motifs is 1. The van der Waals surface area contributed by atoms with Crippen molar-refractivity contribution in [2.24, 2.45) is 0 Å². The molecule has 5 heteroatoms. The topological polar surface area (TPSA) is 57.6 Å². The Morgan fingerprint density at radius 2 is 1.77 bits per heavy atom. The highest BCUT2D eigenvalue weighted by Crippen LogP contribution is 2.44. The highest BCUT2D eigenvalue weighted by molar-refractivity contribution is 6.31. The zero-order chi connectivity index (χ0) is 22.0. The molecule has 0 aromatic heterocycles. The molecule has 0 saturated heterocycles. The summed E-state index contributed by atoms with van der Waals surface area (Å²) in [6, 6.07) is 22.2. The van der Waals surface area contributed by atoms with Crippen LogP contribution in [0.5, 0.6) is 0 Å². The Kier molecular flexibility index (Phi) is 5.77. The van der Waals surface area contributed by atoms with Gasteiger partial charge in [-0.15, -0.1) is 0 Å². The number of aliphatic hydroxyl groups is 1. The molecule has 4 nitrogen and oxygen atoms in total. The number of rotatable bonds is 6. The molecule has 156 valence electrons. The maximum Gasteiger partial charge on any atom is 0.264 e. The van der Waals surface area contributed by atoms with Crippen molar-refractivity contribution < 1.29 is 14.7 Å². The number of hydrogen-bond acceptors (Lipinski definition) is 3. The van der Waals surface area contributed by atoms with E-state index >= 15 is 0 Å². The number of hydrogen-bond donors (Lipinski definition) is 1. The number of allylic oxidation sites excluding steroid dienone is 1. The molecule has 1 aliphatic rings. The van der Waals surface area contributed by atoms with E-state index in [0.29, 0.717) is 22.8 Å². The van der Waals surface area contributed by atoms with Crippen molar-refractivity contribution in [2.75, 3.05) is 4.90 Å². The molecule has 4 rings (SSSR count). The fourth-order valence-electron chi connectivity index (χ4n) is 3.79. The molecule has 3 aromatic carbocycles. The molecule has 1 atom stereocenters. The van der Waals surface area contributed by atoms with Crippen LogP contribution in [0, 0.1) is 6.92 Å². The minimum atomic E-state index is -1.96. The lowest BCUT2D eigenvalue weighted by Gasteiger charge is -2.22. The molecule has 1 N–H and O–H groups in total. The molecule has 3 aromatic rings. The number of ketones is 1. The van der Waals surface area contributed by atoms with Gasteiger partial charge in [-0.3, -0.25) is 9.59 Å². The molecule has 0 spiro atoms. The van der Waals surface area contributed by atoms with Gasteiger partial charge in [-0.2, -0.15) is 0 Å². The van der Waals surface area contributed by atoms with Crippen LogP contribution in [-0.2, 0) is 21.7 Å². The van der Waals surface area contributed by atoms with Crippen LogP contribution >= 0.6 is 11.6 Å². The minimum Gasteiger partial charge on any atom is -0.375 e. The standard InChI is InChI=1S/C26H22ClNO3/c1-18-7-9-20(10-8-18)17-28-24-14-12-21(27)15-23(24)26(31,25(28)30)16-22(29)13-11-19-5-3-2-4-6-19/h2-15,31H,16-17H2,1H3. The van der Waals surface area contributed by atoms with Crippen molar-refractivity contribution in [3.05, 3.63) is 106 Å². The molecule has 0 bridgehead atoms. The van der Waals surface area contributed by atoms with E-state index < -0.39 is 11.5 Å². The van der Waals surface area contributed by atoms with Crippen LogP contribution in [0.25, 0.3) is 6.08 Å². The molecular weight excluding hydrogens is 410 g/mol. The van der Waals surface area contributed by atoms with Crippen molar-refractivity contribution in [2.45, 2.75) is 25.5 Å². The summed E-state index contributed by atoms with van der Waals surface area (Å²) in [5.41, 5.74) is 1.89. The third-order valence-corrected chi connectivity index (χ3v) is 5.68. The van der Waals surface area contributed by atoms with E-state index in [4.69, 9.17) is 11.6 Å². The predicted octanol–water partition coefficient (Wildman–Crippen LogP) is 5.06. The Morgan fingerprint density at radius 3 is 2.48 bits per heavy atom. The van der Waals surface area contributed by atoms with Gasteiger partial charge in [-0.25, -0.2) is 0 Å². The van der Waals surface area contributed by atoms with Gasteiger partial charge in [-0.1, -0.05) is 77.8 Å². The lowest BCUT2D eigenvalue weighted by Crippen LogP contribution is -2.41. The fraction of sp³-hybridized carbons (Fsp3) is 0.154. The summed E-state index contributed by atoms with van der Waals surface area (Å²) in [6.45, 7) is 2.29. The summed E-state index contributed by atoms with van der Waals surface area (Å²) in [7, 11) is 0. The van der Waals surface area contributed by atoms with Gasteiger partial charge >= 0.3 is 0 Å². The SMILES string of the molecule is Cc1ccc(CN2C(=O)C(O)(CC(=O)C=Cc3ccccc3)c3cc(Cl)ccc32)cc1. The third-order valence-electron chi connectivity index (χ3n) is 5.45. The van der Waals surface area contributed by atoms with Gasteiger partial charge in [0.1, 0.15) is 0 Å². The summed E-state index contributed by atoms with van der Waals surface area (Å²) in [5.74, 6) is -0.866. The fourth-order valence-corrected chi connectivity index (χ4v) is 3.96. The Balaban J connectivity index is 1.63. The van der Waals surface area contributed by atoms with Gasteiger partial charge in [-0.05, 0) is 42.3 Å². The predicted molar refractivity (Wildman–Crippen MR) is 123 cm³/mol. The van der Waals surface area contributed by atoms with E-state index in [1.165, 1.54) is 11.0 Å². The Hall–Kier alpha value is -3.21. The van der Waals surface area contributed by atoms with Crippen LogP contribution in [0.3, 0.4) is 0 Å². The average Bonchev–Trinajstić information content (AvgIpc) is 2.96. The Morgan fingerprint density at radius 1 is 1.06 bits per heavy atom. The first-order valence-corrected chi connectivity index (χ1v) is 10.4. The zero-order valence-electron chi connectivity index (χ0n) is 17.1. The number of amides is 1. The quantitative estimate of drug-likeness (QED) is 0.555. The molecule has 0 saturated carbocycles. The van der Waals surface area contributed by atoms with Crippen LogP contribution in [-0.4, -0.2) is 16.8 Å². The van der Waals surface area contributed by atoms with Gasteiger partial charge < -0.3 is 10.0 Å². The van der Waals surface area contributed by atoms with E-state index in [1.807, 2.05) is 61.5 Å². The van der Waals surface area contributed by atoms with Crippen LogP contribution < -0.4 is 4.90 Å². The van der Waals surface area contributed by atoms with E-state index in [2.05, 4.69) is 0 Å². The molecule has 1 unspecified atom stereocenters. The number of carbonyl (C=O) groups excluding carboxylic acids is 2. The second-order valence-corrected chi connectivity index (χ2v) is 8.22. The van der Waals surface area contributed by atoms with Gasteiger partial charge in [0.25, 0.3) is 5.91 Å². The van der Waals surface area contributed by atoms with Crippen LogP contribution in [0.1, 0.15) is 28.7 Å². The molecule has 1 heterocycles. The van der Waals surface area contributed by atoms with Gasteiger partial charge in [0.15, 0.2) is 11.4 Å². The normalized spacial score (nSPS) is 17.9. The lowest BCUT2D eigenvalue weighted by atomic mass is 9.89. The summed E-state index contributed by atoms with van der Waals surface area (Å²) in [5, 5.41) is 11.8. The summed E-state index contributed by atoms with van der Waals surface area (Å²) >= 11 is 6.16.